The van der Waals surface area contributed by atoms with Crippen molar-refractivity contribution in [3.63, 3.8) is 0 Å². The summed E-state index contributed by atoms with van der Waals surface area (Å²) in [7, 11) is 0. The molecule has 0 amide bonds. The van der Waals surface area contributed by atoms with Crippen LogP contribution in [0, 0.1) is 5.92 Å². The van der Waals surface area contributed by atoms with Crippen molar-refractivity contribution in [2.45, 2.75) is 31.6 Å². The van der Waals surface area contributed by atoms with Crippen molar-refractivity contribution in [3.8, 4) is 0 Å². The van der Waals surface area contributed by atoms with E-state index in [0.717, 1.165) is 0 Å². The third kappa shape index (κ3) is 1.45. The minimum Gasteiger partial charge on any atom is -0.330 e. The Bertz CT molecular complexity index is 114. The molecule has 0 aromatic carbocycles. The Morgan fingerprint density at radius 2 is 2.20 bits per heavy atom. The Morgan fingerprint density at radius 1 is 1.50 bits per heavy atom. The SMILES string of the molecule is NCCC1CCCC1(F)F. The van der Waals surface area contributed by atoms with Crippen LogP contribution in [0.5, 0.6) is 0 Å². The van der Waals surface area contributed by atoms with E-state index in [4.69, 9.17) is 5.73 Å². The van der Waals surface area contributed by atoms with E-state index in [1.807, 2.05) is 0 Å². The smallest absolute Gasteiger partial charge is 0.250 e. The van der Waals surface area contributed by atoms with Gasteiger partial charge < -0.3 is 5.73 Å². The van der Waals surface area contributed by atoms with E-state index in [1.54, 1.807) is 0 Å². The first-order valence-corrected chi connectivity index (χ1v) is 3.74. The molecule has 0 bridgehead atoms. The van der Waals surface area contributed by atoms with Gasteiger partial charge in [-0.3, -0.25) is 0 Å². The van der Waals surface area contributed by atoms with Crippen LogP contribution in [0.3, 0.4) is 0 Å². The lowest BCUT2D eigenvalue weighted by Crippen LogP contribution is -2.23. The van der Waals surface area contributed by atoms with Gasteiger partial charge in [0, 0.05) is 12.3 Å². The van der Waals surface area contributed by atoms with E-state index in [-0.39, 0.29) is 6.42 Å². The van der Waals surface area contributed by atoms with Gasteiger partial charge in [-0.25, -0.2) is 8.78 Å². The third-order valence-corrected chi connectivity index (χ3v) is 2.18. The Morgan fingerprint density at radius 3 is 2.60 bits per heavy atom. The fourth-order valence-corrected chi connectivity index (χ4v) is 1.56. The van der Waals surface area contributed by atoms with Gasteiger partial charge in [0.25, 0.3) is 5.92 Å². The zero-order chi connectivity index (χ0) is 7.61. The zero-order valence-corrected chi connectivity index (χ0v) is 5.95. The van der Waals surface area contributed by atoms with Gasteiger partial charge in [-0.2, -0.15) is 0 Å². The van der Waals surface area contributed by atoms with Gasteiger partial charge in [0.2, 0.25) is 0 Å². The predicted octanol–water partition coefficient (Wildman–Crippen LogP) is 1.77. The van der Waals surface area contributed by atoms with Crippen molar-refractivity contribution < 1.29 is 8.78 Å². The molecule has 0 spiro atoms. The van der Waals surface area contributed by atoms with Crippen LogP contribution in [0.4, 0.5) is 8.78 Å². The number of rotatable bonds is 2. The van der Waals surface area contributed by atoms with Crippen LogP contribution in [0.15, 0.2) is 0 Å². The highest BCUT2D eigenvalue weighted by Gasteiger charge is 2.42. The normalized spacial score (nSPS) is 30.9. The lowest BCUT2D eigenvalue weighted by molar-refractivity contribution is -0.0384. The quantitative estimate of drug-likeness (QED) is 0.636. The first-order valence-electron chi connectivity index (χ1n) is 3.74. The lowest BCUT2D eigenvalue weighted by atomic mass is 10.0. The molecule has 0 aliphatic heterocycles. The molecule has 0 aromatic heterocycles. The molecule has 10 heavy (non-hydrogen) atoms. The minimum atomic E-state index is -2.42. The summed E-state index contributed by atoms with van der Waals surface area (Å²) in [6, 6.07) is 0. The summed E-state index contributed by atoms with van der Waals surface area (Å²) in [5.74, 6) is -2.85. The first kappa shape index (κ1) is 7.92. The lowest BCUT2D eigenvalue weighted by Gasteiger charge is -2.17. The number of halogens is 2. The largest absolute Gasteiger partial charge is 0.330 e. The monoisotopic (exact) mass is 149 g/mol. The maximum absolute atomic E-state index is 12.7. The summed E-state index contributed by atoms with van der Waals surface area (Å²) in [5, 5.41) is 0. The van der Waals surface area contributed by atoms with Gasteiger partial charge in [0.05, 0.1) is 0 Å². The van der Waals surface area contributed by atoms with E-state index in [1.165, 1.54) is 0 Å². The minimum absolute atomic E-state index is 0.0671. The average molecular weight is 149 g/mol. The number of hydrogen-bond acceptors (Lipinski definition) is 1. The summed E-state index contributed by atoms with van der Waals surface area (Å²) in [6.07, 6.45) is 1.87. The van der Waals surface area contributed by atoms with Crippen molar-refractivity contribution in [2.24, 2.45) is 11.7 Å². The second-order valence-electron chi connectivity index (χ2n) is 2.93. The first-order chi connectivity index (χ1) is 4.67. The summed E-state index contributed by atoms with van der Waals surface area (Å²) in [5.41, 5.74) is 5.20. The van der Waals surface area contributed by atoms with Gasteiger partial charge in [-0.15, -0.1) is 0 Å². The summed E-state index contributed by atoms with van der Waals surface area (Å²) >= 11 is 0. The van der Waals surface area contributed by atoms with Crippen LogP contribution in [0.2, 0.25) is 0 Å². The number of nitrogens with two attached hydrogens (primary N) is 1. The summed E-state index contributed by atoms with van der Waals surface area (Å²) < 4.78 is 25.5. The van der Waals surface area contributed by atoms with Crippen LogP contribution in [0.1, 0.15) is 25.7 Å². The van der Waals surface area contributed by atoms with Gasteiger partial charge in [-0.1, -0.05) is 0 Å². The molecule has 1 unspecified atom stereocenters. The average Bonchev–Trinajstić information content (AvgIpc) is 2.13. The van der Waals surface area contributed by atoms with Crippen LogP contribution in [0.25, 0.3) is 0 Å². The maximum Gasteiger partial charge on any atom is 0.250 e. The summed E-state index contributed by atoms with van der Waals surface area (Å²) in [6.45, 7) is 0.389. The predicted molar refractivity (Wildman–Crippen MR) is 36.0 cm³/mol. The Balaban J connectivity index is 2.43. The Kier molecular flexibility index (Phi) is 2.24. The molecular weight excluding hydrogens is 136 g/mol. The molecule has 1 rings (SSSR count). The van der Waals surface area contributed by atoms with E-state index in [9.17, 15) is 8.78 Å². The topological polar surface area (TPSA) is 26.0 Å². The van der Waals surface area contributed by atoms with Gasteiger partial charge in [0.1, 0.15) is 0 Å². The molecule has 1 saturated carbocycles. The third-order valence-electron chi connectivity index (χ3n) is 2.18. The Hall–Kier alpha value is -0.180. The Labute approximate surface area is 59.6 Å². The molecule has 2 N–H and O–H groups in total. The molecule has 0 radical (unpaired) electrons. The molecular formula is C7H13F2N. The fourth-order valence-electron chi connectivity index (χ4n) is 1.56. The van der Waals surface area contributed by atoms with Crippen LogP contribution in [-0.4, -0.2) is 12.5 Å². The van der Waals surface area contributed by atoms with Crippen LogP contribution in [-0.2, 0) is 0 Å². The maximum atomic E-state index is 12.7. The number of hydrogen-bond donors (Lipinski definition) is 1. The molecule has 0 heterocycles. The van der Waals surface area contributed by atoms with Crippen molar-refractivity contribution >= 4 is 0 Å². The van der Waals surface area contributed by atoms with Crippen molar-refractivity contribution in [1.29, 1.82) is 0 Å². The molecule has 3 heteroatoms. The zero-order valence-electron chi connectivity index (χ0n) is 5.95. The number of alkyl halides is 2. The fraction of sp³-hybridized carbons (Fsp3) is 1.00. The second kappa shape index (κ2) is 2.82. The molecule has 0 aromatic rings. The molecule has 0 saturated heterocycles. The highest BCUT2D eigenvalue weighted by Crippen LogP contribution is 2.41. The van der Waals surface area contributed by atoms with E-state index in [0.29, 0.717) is 25.8 Å². The second-order valence-corrected chi connectivity index (χ2v) is 2.93. The van der Waals surface area contributed by atoms with E-state index >= 15 is 0 Å². The highest BCUT2D eigenvalue weighted by molar-refractivity contribution is 4.83. The van der Waals surface area contributed by atoms with Crippen molar-refractivity contribution in [1.82, 2.24) is 0 Å². The van der Waals surface area contributed by atoms with Gasteiger partial charge in [0.15, 0.2) is 0 Å². The molecule has 60 valence electrons. The highest BCUT2D eigenvalue weighted by atomic mass is 19.3. The van der Waals surface area contributed by atoms with Crippen molar-refractivity contribution in [2.75, 3.05) is 6.54 Å². The van der Waals surface area contributed by atoms with E-state index in [2.05, 4.69) is 0 Å². The molecule has 1 aliphatic carbocycles. The standard InChI is InChI=1S/C7H13F2N/c8-7(9)4-1-2-6(7)3-5-10/h6H,1-5,10H2. The molecule has 1 fully saturated rings. The van der Waals surface area contributed by atoms with Gasteiger partial charge in [-0.05, 0) is 25.8 Å². The van der Waals surface area contributed by atoms with Crippen LogP contribution < -0.4 is 5.73 Å². The molecule has 1 atom stereocenters. The summed E-state index contributed by atoms with van der Waals surface area (Å²) in [4.78, 5) is 0. The van der Waals surface area contributed by atoms with E-state index < -0.39 is 11.8 Å². The molecule has 1 nitrogen and oxygen atoms in total. The van der Waals surface area contributed by atoms with Gasteiger partial charge >= 0.3 is 0 Å². The van der Waals surface area contributed by atoms with Crippen molar-refractivity contribution in [3.05, 3.63) is 0 Å². The molecule has 1 aliphatic rings. The van der Waals surface area contributed by atoms with Crippen LogP contribution >= 0.6 is 0 Å².